The quantitative estimate of drug-likeness (QED) is 0.570. The number of hydrogen-bond donors (Lipinski definition) is 0. The number of amides is 1. The van der Waals surface area contributed by atoms with Crippen molar-refractivity contribution in [2.75, 3.05) is 24.5 Å². The lowest BCUT2D eigenvalue weighted by molar-refractivity contribution is -0.122. The number of rotatable bonds is 4. The first kappa shape index (κ1) is 19.6. The molecule has 0 unspecified atom stereocenters. The van der Waals surface area contributed by atoms with Crippen molar-refractivity contribution in [3.05, 3.63) is 31.9 Å². The van der Waals surface area contributed by atoms with Crippen LogP contribution in [0.2, 0.25) is 0 Å². The summed E-state index contributed by atoms with van der Waals surface area (Å²) >= 11 is 6.63. The van der Waals surface area contributed by atoms with Crippen LogP contribution in [-0.4, -0.2) is 39.3 Å². The molecule has 0 N–H and O–H groups in total. The van der Waals surface area contributed by atoms with Gasteiger partial charge in [-0.2, -0.15) is 5.26 Å². The number of thiocarbonyl (C=S) groups is 1. The van der Waals surface area contributed by atoms with E-state index in [4.69, 9.17) is 12.2 Å². The number of nitriles is 1. The first-order valence-corrected chi connectivity index (χ1v) is 10.3. The van der Waals surface area contributed by atoms with Crippen LogP contribution in [0.4, 0.5) is 5.82 Å². The van der Waals surface area contributed by atoms with Gasteiger partial charge in [-0.25, -0.2) is 0 Å². The molecule has 1 amide bonds. The van der Waals surface area contributed by atoms with E-state index >= 15 is 0 Å². The molecular weight excluding hydrogens is 380 g/mol. The maximum atomic E-state index is 12.8. The second-order valence-corrected chi connectivity index (χ2v) is 8.42. The van der Waals surface area contributed by atoms with Crippen LogP contribution in [0, 0.1) is 18.3 Å². The van der Waals surface area contributed by atoms with Gasteiger partial charge in [0, 0.05) is 32.2 Å². The van der Waals surface area contributed by atoms with Gasteiger partial charge in [-0.05, 0) is 37.8 Å². The summed E-state index contributed by atoms with van der Waals surface area (Å²) in [6.07, 6.45) is 4.75. The van der Waals surface area contributed by atoms with Gasteiger partial charge >= 0.3 is 0 Å². The van der Waals surface area contributed by atoms with Crippen molar-refractivity contribution in [3.63, 3.8) is 0 Å². The Kier molecular flexibility index (Phi) is 5.72. The summed E-state index contributed by atoms with van der Waals surface area (Å²) < 4.78 is 2.09. The highest BCUT2D eigenvalue weighted by atomic mass is 32.2. The van der Waals surface area contributed by atoms with Crippen molar-refractivity contribution in [3.8, 4) is 6.07 Å². The van der Waals surface area contributed by atoms with Crippen LogP contribution in [0.15, 0.2) is 9.70 Å². The molecule has 0 atom stereocenters. The van der Waals surface area contributed by atoms with Crippen LogP contribution in [-0.2, 0) is 11.8 Å². The van der Waals surface area contributed by atoms with Crippen LogP contribution >= 0.6 is 24.0 Å². The lowest BCUT2D eigenvalue weighted by atomic mass is 10.0. The average Bonchev–Trinajstić information content (AvgIpc) is 3.25. The van der Waals surface area contributed by atoms with Gasteiger partial charge in [0.05, 0.1) is 4.91 Å². The second kappa shape index (κ2) is 7.87. The number of thioether (sulfide) groups is 1. The molecule has 2 fully saturated rings. The lowest BCUT2D eigenvalue weighted by Crippen LogP contribution is -2.31. The van der Waals surface area contributed by atoms with Gasteiger partial charge in [0.1, 0.15) is 21.8 Å². The minimum absolute atomic E-state index is 0.106. The Hall–Kier alpha value is -2.11. The molecule has 0 aromatic carbocycles. The average molecular weight is 403 g/mol. The van der Waals surface area contributed by atoms with Gasteiger partial charge < -0.3 is 4.90 Å². The first-order chi connectivity index (χ1) is 12.9. The molecule has 0 radical (unpaired) electrons. The zero-order chi connectivity index (χ0) is 19.7. The highest BCUT2D eigenvalue weighted by Gasteiger charge is 2.32. The van der Waals surface area contributed by atoms with Crippen LogP contribution in [0.3, 0.4) is 0 Å². The number of carbonyl (C=O) groups is 1. The Bertz CT molecular complexity index is 936. The van der Waals surface area contributed by atoms with E-state index in [-0.39, 0.29) is 17.0 Å². The molecule has 3 rings (SSSR count). The zero-order valence-electron chi connectivity index (χ0n) is 15.7. The molecule has 1 aromatic rings. The van der Waals surface area contributed by atoms with Crippen molar-refractivity contribution in [1.82, 2.24) is 9.47 Å². The fraction of sp³-hybridized carbons (Fsp3) is 0.474. The molecule has 1 aromatic heterocycles. The molecular formula is C19H22N4O2S2. The summed E-state index contributed by atoms with van der Waals surface area (Å²) in [7, 11) is 1.69. The molecule has 8 heteroatoms. The van der Waals surface area contributed by atoms with E-state index in [1.54, 1.807) is 24.9 Å². The molecule has 0 bridgehead atoms. The first-order valence-electron chi connectivity index (χ1n) is 9.04. The number of anilines is 1. The lowest BCUT2D eigenvalue weighted by Gasteiger charge is -2.25. The predicted octanol–water partition coefficient (Wildman–Crippen LogP) is 2.78. The summed E-state index contributed by atoms with van der Waals surface area (Å²) in [5.41, 5.74) is 1.19. The number of hydrogen-bond acceptors (Lipinski definition) is 6. The highest BCUT2D eigenvalue weighted by Crippen LogP contribution is 2.36. The van der Waals surface area contributed by atoms with Crippen molar-refractivity contribution >= 4 is 46.1 Å². The summed E-state index contributed by atoms with van der Waals surface area (Å²) in [4.78, 5) is 29.7. The van der Waals surface area contributed by atoms with Crippen LogP contribution in [0.25, 0.3) is 6.08 Å². The summed E-state index contributed by atoms with van der Waals surface area (Å²) in [6, 6.07) is 2.03. The van der Waals surface area contributed by atoms with Crippen molar-refractivity contribution < 1.29 is 4.79 Å². The van der Waals surface area contributed by atoms with Crippen LogP contribution in [0.5, 0.6) is 0 Å². The summed E-state index contributed by atoms with van der Waals surface area (Å²) in [5, 5.41) is 9.47. The Balaban J connectivity index is 2.19. The molecule has 27 heavy (non-hydrogen) atoms. The zero-order valence-corrected chi connectivity index (χ0v) is 17.4. The van der Waals surface area contributed by atoms with E-state index in [1.807, 2.05) is 13.0 Å². The van der Waals surface area contributed by atoms with Gasteiger partial charge in [-0.3, -0.25) is 19.1 Å². The summed E-state index contributed by atoms with van der Waals surface area (Å²) in [5.74, 6) is 0.667. The number of nitrogens with zero attached hydrogens (tertiary/aromatic N) is 4. The van der Waals surface area contributed by atoms with E-state index in [0.29, 0.717) is 21.3 Å². The molecule has 142 valence electrons. The predicted molar refractivity (Wildman–Crippen MR) is 113 cm³/mol. The van der Waals surface area contributed by atoms with E-state index in [9.17, 15) is 14.9 Å². The smallest absolute Gasteiger partial charge is 0.270 e. The third-order valence-electron chi connectivity index (χ3n) is 4.97. The second-order valence-electron chi connectivity index (χ2n) is 6.74. The molecule has 2 aliphatic heterocycles. The van der Waals surface area contributed by atoms with Crippen LogP contribution in [0.1, 0.15) is 42.9 Å². The molecule has 0 saturated carbocycles. The van der Waals surface area contributed by atoms with Crippen molar-refractivity contribution in [1.29, 1.82) is 5.26 Å². The minimum Gasteiger partial charge on any atom is -0.357 e. The molecule has 3 heterocycles. The molecule has 0 spiro atoms. The van der Waals surface area contributed by atoms with E-state index in [0.717, 1.165) is 43.7 Å². The van der Waals surface area contributed by atoms with Gasteiger partial charge in [-0.1, -0.05) is 30.9 Å². The van der Waals surface area contributed by atoms with Crippen LogP contribution < -0.4 is 10.5 Å². The van der Waals surface area contributed by atoms with Crippen molar-refractivity contribution in [2.45, 2.75) is 33.1 Å². The fourth-order valence-electron chi connectivity index (χ4n) is 3.57. The van der Waals surface area contributed by atoms with E-state index in [2.05, 4.69) is 4.90 Å². The number of pyridine rings is 1. The number of aromatic nitrogens is 1. The minimum atomic E-state index is -0.299. The Morgan fingerprint density at radius 3 is 2.56 bits per heavy atom. The Morgan fingerprint density at radius 2 is 1.96 bits per heavy atom. The SMILES string of the molecule is CCCN1C(=O)C(=Cc2c(C)c(C#N)c(=O)n(C)c2N2CCCC2)SC1=S. The molecule has 6 nitrogen and oxygen atoms in total. The third-order valence-corrected chi connectivity index (χ3v) is 6.35. The van der Waals surface area contributed by atoms with Gasteiger partial charge in [0.25, 0.3) is 11.5 Å². The third kappa shape index (κ3) is 3.42. The number of carbonyl (C=O) groups excluding carboxylic acids is 1. The van der Waals surface area contributed by atoms with Crippen molar-refractivity contribution in [2.24, 2.45) is 7.05 Å². The molecule has 2 saturated heterocycles. The Labute approximate surface area is 168 Å². The van der Waals surface area contributed by atoms with E-state index in [1.165, 1.54) is 16.3 Å². The largest absolute Gasteiger partial charge is 0.357 e. The van der Waals surface area contributed by atoms with Gasteiger partial charge in [-0.15, -0.1) is 0 Å². The highest BCUT2D eigenvalue weighted by molar-refractivity contribution is 8.26. The standard InChI is InChI=1S/C19H22N4O2S2/c1-4-7-23-18(25)15(27-19(23)26)10-13-12(2)14(11-20)17(24)21(3)16(13)22-8-5-6-9-22/h10H,4-9H2,1-3H3. The summed E-state index contributed by atoms with van der Waals surface area (Å²) in [6.45, 7) is 6.09. The fourth-order valence-corrected chi connectivity index (χ4v) is 4.86. The normalized spacial score (nSPS) is 18.7. The van der Waals surface area contributed by atoms with E-state index < -0.39 is 0 Å². The Morgan fingerprint density at radius 1 is 1.30 bits per heavy atom. The molecule has 0 aliphatic carbocycles. The monoisotopic (exact) mass is 402 g/mol. The van der Waals surface area contributed by atoms with Gasteiger partial charge in [0.15, 0.2) is 0 Å². The maximum Gasteiger partial charge on any atom is 0.270 e. The molecule has 2 aliphatic rings. The maximum absolute atomic E-state index is 12.8. The topological polar surface area (TPSA) is 69.3 Å². The van der Waals surface area contributed by atoms with Gasteiger partial charge in [0.2, 0.25) is 0 Å².